The van der Waals surface area contributed by atoms with Gasteiger partial charge in [0.1, 0.15) is 17.3 Å². The minimum atomic E-state index is -0.172. The van der Waals surface area contributed by atoms with E-state index in [2.05, 4.69) is 37.4 Å². The van der Waals surface area contributed by atoms with Crippen molar-refractivity contribution in [1.29, 1.82) is 5.26 Å². The number of benzene rings is 1. The lowest BCUT2D eigenvalue weighted by molar-refractivity contribution is 0.318. The summed E-state index contributed by atoms with van der Waals surface area (Å²) in [6.07, 6.45) is 8.51. The second-order valence-electron chi connectivity index (χ2n) is 10.3. The molecule has 0 aromatic heterocycles. The molecular formula is C27H28FN3O. The summed E-state index contributed by atoms with van der Waals surface area (Å²) in [5.74, 6) is 0.884. The first-order valence-corrected chi connectivity index (χ1v) is 10.9. The van der Waals surface area contributed by atoms with E-state index < -0.39 is 0 Å². The zero-order valence-corrected chi connectivity index (χ0v) is 19.3. The van der Waals surface area contributed by atoms with Crippen LogP contribution in [0, 0.1) is 29.1 Å². The molecule has 1 aromatic rings. The molecule has 0 amide bonds. The largest absolute Gasteiger partial charge is 0.462 e. The average Bonchev–Trinajstić information content (AvgIpc) is 2.71. The van der Waals surface area contributed by atoms with Crippen LogP contribution in [-0.2, 0) is 16.6 Å². The molecule has 0 fully saturated rings. The van der Waals surface area contributed by atoms with Crippen molar-refractivity contribution in [3.8, 4) is 6.07 Å². The van der Waals surface area contributed by atoms with E-state index in [4.69, 9.17) is 11.3 Å². The van der Waals surface area contributed by atoms with E-state index in [1.54, 1.807) is 31.2 Å². The summed E-state index contributed by atoms with van der Waals surface area (Å²) in [6.45, 7) is 19.7. The molecule has 1 aromatic carbocycles. The van der Waals surface area contributed by atoms with E-state index in [-0.39, 0.29) is 22.3 Å². The van der Waals surface area contributed by atoms with Crippen LogP contribution in [-0.4, -0.2) is 13.1 Å². The van der Waals surface area contributed by atoms with E-state index in [0.29, 0.717) is 29.1 Å². The smallest absolute Gasteiger partial charge is 0.269 e. The molecule has 3 heterocycles. The lowest BCUT2D eigenvalue weighted by atomic mass is 9.71. The fraction of sp³-hybridized carbons (Fsp3) is 0.407. The third-order valence-corrected chi connectivity index (χ3v) is 6.54. The summed E-state index contributed by atoms with van der Waals surface area (Å²) in [7, 11) is 0. The molecule has 0 saturated heterocycles. The monoisotopic (exact) mass is 429 g/mol. The highest BCUT2D eigenvalue weighted by atomic mass is 19.1. The van der Waals surface area contributed by atoms with Gasteiger partial charge in [0.15, 0.2) is 0 Å². The van der Waals surface area contributed by atoms with Crippen LogP contribution < -0.4 is 4.90 Å². The fourth-order valence-corrected chi connectivity index (χ4v) is 4.96. The summed E-state index contributed by atoms with van der Waals surface area (Å²) in [4.78, 5) is 5.64. The van der Waals surface area contributed by atoms with Crippen LogP contribution in [0.4, 0.5) is 10.1 Å². The van der Waals surface area contributed by atoms with Gasteiger partial charge >= 0.3 is 0 Å². The predicted octanol–water partition coefficient (Wildman–Crippen LogP) is 6.42. The highest BCUT2D eigenvalue weighted by Gasteiger charge is 2.40. The molecule has 0 aliphatic carbocycles. The number of hydrogen-bond acceptors (Lipinski definition) is 3. The van der Waals surface area contributed by atoms with Crippen molar-refractivity contribution in [1.82, 2.24) is 0 Å². The predicted molar refractivity (Wildman–Crippen MR) is 125 cm³/mol. The minimum absolute atomic E-state index is 0.00649. The lowest BCUT2D eigenvalue weighted by Crippen LogP contribution is -2.47. The normalized spacial score (nSPS) is 22.2. The molecule has 0 saturated carbocycles. The molecular weight excluding hydrogens is 401 g/mol. The van der Waals surface area contributed by atoms with Crippen LogP contribution in [0.5, 0.6) is 0 Å². The number of ether oxygens (including phenoxy) is 1. The second-order valence-corrected chi connectivity index (χ2v) is 10.3. The minimum Gasteiger partial charge on any atom is -0.462 e. The fourth-order valence-electron chi connectivity index (χ4n) is 4.96. The Morgan fingerprint density at radius 2 is 2.03 bits per heavy atom. The topological polar surface area (TPSA) is 40.6 Å². The molecule has 0 spiro atoms. The molecule has 0 bridgehead atoms. The van der Waals surface area contributed by atoms with Crippen LogP contribution in [0.1, 0.15) is 57.7 Å². The molecule has 3 aliphatic rings. The molecule has 3 aliphatic heterocycles. The molecule has 32 heavy (non-hydrogen) atoms. The first-order chi connectivity index (χ1) is 15.0. The van der Waals surface area contributed by atoms with Crippen LogP contribution in [0.25, 0.3) is 10.9 Å². The number of anilines is 1. The highest BCUT2D eigenvalue weighted by Crippen LogP contribution is 2.48. The number of nitrogens with zero attached hydrogens (tertiary/aromatic N) is 3. The molecule has 0 unspecified atom stereocenters. The molecule has 0 N–H and O–H groups in total. The van der Waals surface area contributed by atoms with Crippen molar-refractivity contribution in [2.24, 2.45) is 5.41 Å². The molecule has 0 atom stereocenters. The Balaban J connectivity index is 1.80. The first kappa shape index (κ1) is 21.9. The standard InChI is InChI=1S/C27H28FN3O/c1-17-11-19(23(15-29)30-6)12-20(32-17)8-7-18-13-22-25-21(24(18)28)14-26(2,3)16-31(25)10-9-27(22,4)5/h7-8,11-13H,9-10,14,16H2,1-5H3. The number of rotatable bonds is 2. The Bertz CT molecular complexity index is 1180. The Morgan fingerprint density at radius 3 is 2.72 bits per heavy atom. The van der Waals surface area contributed by atoms with Crippen molar-refractivity contribution in [3.05, 3.63) is 81.0 Å². The molecule has 4 rings (SSSR count). The molecule has 0 radical (unpaired) electrons. The summed E-state index contributed by atoms with van der Waals surface area (Å²) in [5.41, 5.74) is 4.14. The SMILES string of the molecule is [C-]#[N+]C(C#N)=C1C=C(C)OC(C=Cc2cc3c4c(c2F)CC(C)(C)CN4CCC3(C)C)=C1. The number of halogens is 1. The summed E-state index contributed by atoms with van der Waals surface area (Å²) >= 11 is 0. The zero-order chi connectivity index (χ0) is 23.3. The quantitative estimate of drug-likeness (QED) is 0.402. The van der Waals surface area contributed by atoms with Gasteiger partial charge in [-0.15, -0.1) is 0 Å². The summed E-state index contributed by atoms with van der Waals surface area (Å²) < 4.78 is 21.5. The van der Waals surface area contributed by atoms with Gasteiger partial charge in [0, 0.05) is 29.9 Å². The van der Waals surface area contributed by atoms with Crippen LogP contribution in [0.3, 0.4) is 0 Å². The van der Waals surface area contributed by atoms with Gasteiger partial charge in [0.25, 0.3) is 5.70 Å². The number of nitriles is 1. The Morgan fingerprint density at radius 1 is 1.28 bits per heavy atom. The van der Waals surface area contributed by atoms with E-state index in [0.717, 1.165) is 30.8 Å². The molecule has 5 heteroatoms. The van der Waals surface area contributed by atoms with E-state index in [1.165, 1.54) is 5.56 Å². The van der Waals surface area contributed by atoms with Gasteiger partial charge in [-0.05, 0) is 72.1 Å². The average molecular weight is 430 g/mol. The summed E-state index contributed by atoms with van der Waals surface area (Å²) in [5, 5.41) is 9.19. The second kappa shape index (κ2) is 7.68. The van der Waals surface area contributed by atoms with Crippen LogP contribution >= 0.6 is 0 Å². The maximum absolute atomic E-state index is 15.8. The lowest BCUT2D eigenvalue weighted by Gasteiger charge is -2.48. The van der Waals surface area contributed by atoms with Crippen molar-refractivity contribution in [3.63, 3.8) is 0 Å². The van der Waals surface area contributed by atoms with Gasteiger partial charge in [0.05, 0.1) is 12.6 Å². The van der Waals surface area contributed by atoms with Gasteiger partial charge in [-0.25, -0.2) is 14.5 Å². The Kier molecular flexibility index (Phi) is 5.25. The van der Waals surface area contributed by atoms with E-state index in [1.807, 2.05) is 12.1 Å². The van der Waals surface area contributed by atoms with Gasteiger partial charge in [0.2, 0.25) is 0 Å². The zero-order valence-electron chi connectivity index (χ0n) is 19.3. The number of allylic oxidation sites excluding steroid dienone is 6. The molecule has 4 nitrogen and oxygen atoms in total. The highest BCUT2D eigenvalue weighted by molar-refractivity contribution is 5.71. The van der Waals surface area contributed by atoms with Crippen LogP contribution in [0.2, 0.25) is 0 Å². The Labute approximate surface area is 189 Å². The third-order valence-electron chi connectivity index (χ3n) is 6.54. The van der Waals surface area contributed by atoms with Crippen molar-refractivity contribution in [2.75, 3.05) is 18.0 Å². The van der Waals surface area contributed by atoms with E-state index >= 15 is 4.39 Å². The van der Waals surface area contributed by atoms with Gasteiger partial charge in [-0.1, -0.05) is 27.7 Å². The summed E-state index contributed by atoms with van der Waals surface area (Å²) in [6, 6.07) is 3.90. The Hall–Kier alpha value is -3.31. The third kappa shape index (κ3) is 3.84. The first-order valence-electron chi connectivity index (χ1n) is 10.9. The van der Waals surface area contributed by atoms with Gasteiger partial charge < -0.3 is 9.64 Å². The van der Waals surface area contributed by atoms with Gasteiger partial charge in [-0.3, -0.25) is 0 Å². The van der Waals surface area contributed by atoms with Crippen LogP contribution in [0.15, 0.2) is 47.1 Å². The van der Waals surface area contributed by atoms with Crippen molar-refractivity contribution in [2.45, 2.75) is 52.9 Å². The van der Waals surface area contributed by atoms with E-state index in [9.17, 15) is 5.26 Å². The maximum atomic E-state index is 15.8. The maximum Gasteiger partial charge on any atom is 0.269 e. The van der Waals surface area contributed by atoms with Crippen molar-refractivity contribution >= 4 is 11.8 Å². The van der Waals surface area contributed by atoms with Gasteiger partial charge in [-0.2, -0.15) is 0 Å². The number of hydrogen-bond donors (Lipinski definition) is 0. The van der Waals surface area contributed by atoms with Crippen molar-refractivity contribution < 1.29 is 9.13 Å². The molecule has 164 valence electrons.